The van der Waals surface area contributed by atoms with Crippen molar-refractivity contribution in [2.45, 2.75) is 19.4 Å². The van der Waals surface area contributed by atoms with Crippen molar-refractivity contribution in [1.82, 2.24) is 4.90 Å². The van der Waals surface area contributed by atoms with Gasteiger partial charge >= 0.3 is 0 Å². The smallest absolute Gasteiger partial charge is 0.251 e. The summed E-state index contributed by atoms with van der Waals surface area (Å²) < 4.78 is 0. The van der Waals surface area contributed by atoms with Crippen LogP contribution in [0.1, 0.15) is 13.3 Å². The number of carbonyl (C=O) groups is 1. The first-order valence-electron chi connectivity index (χ1n) is 4.23. The average Bonchev–Trinajstić information content (AvgIpc) is 2.50. The number of aliphatic hydroxyl groups is 2. The first-order chi connectivity index (χ1) is 5.65. The van der Waals surface area contributed by atoms with Gasteiger partial charge in [0, 0.05) is 25.6 Å². The zero-order chi connectivity index (χ0) is 9.14. The van der Waals surface area contributed by atoms with Gasteiger partial charge in [-0.2, -0.15) is 0 Å². The van der Waals surface area contributed by atoms with E-state index in [1.54, 1.807) is 4.90 Å². The van der Waals surface area contributed by atoms with Crippen LogP contribution >= 0.6 is 0 Å². The van der Waals surface area contributed by atoms with Crippen LogP contribution in [-0.2, 0) is 4.79 Å². The minimum atomic E-state index is -0.914. The average molecular weight is 173 g/mol. The molecule has 1 saturated heterocycles. The standard InChI is InChI=1S/C8H15NO3/c1-6(11)8(12)9-3-2-7(4-9)5-10/h6-7,10-11H,2-5H2,1H3/t6-,7?/m0/s1. The fraction of sp³-hybridized carbons (Fsp3) is 0.875. The SMILES string of the molecule is C[C@H](O)C(=O)N1CCC(CO)C1. The number of amides is 1. The van der Waals surface area contributed by atoms with E-state index in [2.05, 4.69) is 0 Å². The van der Waals surface area contributed by atoms with E-state index in [0.29, 0.717) is 13.1 Å². The Labute approximate surface area is 71.8 Å². The van der Waals surface area contributed by atoms with Gasteiger partial charge in [-0.25, -0.2) is 0 Å². The molecule has 4 nitrogen and oxygen atoms in total. The molecule has 70 valence electrons. The van der Waals surface area contributed by atoms with Gasteiger partial charge in [-0.1, -0.05) is 0 Å². The molecular formula is C8H15NO3. The van der Waals surface area contributed by atoms with E-state index in [-0.39, 0.29) is 18.4 Å². The minimum Gasteiger partial charge on any atom is -0.396 e. The van der Waals surface area contributed by atoms with E-state index in [0.717, 1.165) is 6.42 Å². The largest absolute Gasteiger partial charge is 0.396 e. The van der Waals surface area contributed by atoms with Crippen LogP contribution in [-0.4, -0.2) is 46.8 Å². The zero-order valence-corrected chi connectivity index (χ0v) is 7.23. The maximum Gasteiger partial charge on any atom is 0.251 e. The molecule has 1 rings (SSSR count). The zero-order valence-electron chi connectivity index (χ0n) is 7.23. The van der Waals surface area contributed by atoms with Crippen LogP contribution in [0.2, 0.25) is 0 Å². The number of hydrogen-bond acceptors (Lipinski definition) is 3. The predicted molar refractivity (Wildman–Crippen MR) is 43.5 cm³/mol. The van der Waals surface area contributed by atoms with Crippen molar-refractivity contribution >= 4 is 5.91 Å². The van der Waals surface area contributed by atoms with Crippen molar-refractivity contribution in [3.05, 3.63) is 0 Å². The van der Waals surface area contributed by atoms with Crippen LogP contribution in [0.3, 0.4) is 0 Å². The third kappa shape index (κ3) is 1.95. The lowest BCUT2D eigenvalue weighted by Gasteiger charge is -2.17. The molecule has 2 atom stereocenters. The van der Waals surface area contributed by atoms with Gasteiger partial charge in [0.1, 0.15) is 6.10 Å². The van der Waals surface area contributed by atoms with Crippen LogP contribution in [0, 0.1) is 5.92 Å². The second-order valence-corrected chi connectivity index (χ2v) is 3.30. The van der Waals surface area contributed by atoms with Crippen LogP contribution in [0.5, 0.6) is 0 Å². The van der Waals surface area contributed by atoms with Crippen molar-refractivity contribution in [2.24, 2.45) is 5.92 Å². The summed E-state index contributed by atoms with van der Waals surface area (Å²) in [5.74, 6) is -0.0290. The van der Waals surface area contributed by atoms with Gasteiger partial charge in [0.25, 0.3) is 5.91 Å². The monoisotopic (exact) mass is 173 g/mol. The summed E-state index contributed by atoms with van der Waals surface area (Å²) in [4.78, 5) is 12.8. The molecule has 0 aromatic carbocycles. The van der Waals surface area contributed by atoms with Gasteiger partial charge < -0.3 is 15.1 Å². The molecule has 1 amide bonds. The third-order valence-electron chi connectivity index (χ3n) is 2.21. The van der Waals surface area contributed by atoms with Gasteiger partial charge in [0.05, 0.1) is 0 Å². The number of carbonyl (C=O) groups excluding carboxylic acids is 1. The molecule has 2 N–H and O–H groups in total. The summed E-state index contributed by atoms with van der Waals surface area (Å²) in [5.41, 5.74) is 0. The summed E-state index contributed by atoms with van der Waals surface area (Å²) in [6, 6.07) is 0. The number of aliphatic hydroxyl groups excluding tert-OH is 2. The Morgan fingerprint density at radius 3 is 2.83 bits per heavy atom. The fourth-order valence-electron chi connectivity index (χ4n) is 1.45. The van der Waals surface area contributed by atoms with Crippen LogP contribution < -0.4 is 0 Å². The quantitative estimate of drug-likeness (QED) is 0.575. The molecule has 1 fully saturated rings. The predicted octanol–water partition coefficient (Wildman–Crippen LogP) is -0.792. The molecular weight excluding hydrogens is 158 g/mol. The molecule has 0 spiro atoms. The minimum absolute atomic E-state index is 0.129. The molecule has 1 unspecified atom stereocenters. The van der Waals surface area contributed by atoms with Crippen molar-refractivity contribution in [3.8, 4) is 0 Å². The summed E-state index contributed by atoms with van der Waals surface area (Å²) in [6.07, 6.45) is -0.0722. The van der Waals surface area contributed by atoms with Gasteiger partial charge in [0.15, 0.2) is 0 Å². The van der Waals surface area contributed by atoms with Crippen LogP contribution in [0.25, 0.3) is 0 Å². The summed E-state index contributed by atoms with van der Waals surface area (Å²) in [7, 11) is 0. The van der Waals surface area contributed by atoms with E-state index < -0.39 is 6.10 Å². The number of likely N-dealkylation sites (tertiary alicyclic amines) is 1. The Morgan fingerprint density at radius 1 is 1.75 bits per heavy atom. The Balaban J connectivity index is 2.41. The van der Waals surface area contributed by atoms with Crippen molar-refractivity contribution < 1.29 is 15.0 Å². The third-order valence-corrected chi connectivity index (χ3v) is 2.21. The first-order valence-corrected chi connectivity index (χ1v) is 4.23. The second kappa shape index (κ2) is 3.87. The molecule has 12 heavy (non-hydrogen) atoms. The molecule has 0 aromatic rings. The molecule has 0 aromatic heterocycles. The van der Waals surface area contributed by atoms with Gasteiger partial charge in [-0.15, -0.1) is 0 Å². The molecule has 4 heteroatoms. The van der Waals surface area contributed by atoms with Crippen molar-refractivity contribution in [3.63, 3.8) is 0 Å². The molecule has 1 aliphatic heterocycles. The highest BCUT2D eigenvalue weighted by Crippen LogP contribution is 2.15. The van der Waals surface area contributed by atoms with E-state index in [1.807, 2.05) is 0 Å². The van der Waals surface area contributed by atoms with E-state index >= 15 is 0 Å². The molecule has 0 radical (unpaired) electrons. The Hall–Kier alpha value is -0.610. The lowest BCUT2D eigenvalue weighted by molar-refractivity contribution is -0.138. The van der Waals surface area contributed by atoms with E-state index in [4.69, 9.17) is 10.2 Å². The van der Waals surface area contributed by atoms with Crippen molar-refractivity contribution in [1.29, 1.82) is 0 Å². The normalized spacial score (nSPS) is 25.9. The molecule has 0 aliphatic carbocycles. The summed E-state index contributed by atoms with van der Waals surface area (Å²) >= 11 is 0. The maximum absolute atomic E-state index is 11.2. The molecule has 0 saturated carbocycles. The Morgan fingerprint density at radius 2 is 2.42 bits per heavy atom. The molecule has 0 bridgehead atoms. The highest BCUT2D eigenvalue weighted by Gasteiger charge is 2.27. The van der Waals surface area contributed by atoms with Gasteiger partial charge in [-0.05, 0) is 13.3 Å². The number of hydrogen-bond donors (Lipinski definition) is 2. The Bertz CT molecular complexity index is 170. The number of rotatable bonds is 2. The van der Waals surface area contributed by atoms with Crippen LogP contribution in [0.15, 0.2) is 0 Å². The Kier molecular flexibility index (Phi) is 3.05. The molecule has 1 heterocycles. The lowest BCUT2D eigenvalue weighted by Crippen LogP contribution is -2.36. The van der Waals surface area contributed by atoms with E-state index in [1.165, 1.54) is 6.92 Å². The fourth-order valence-corrected chi connectivity index (χ4v) is 1.45. The molecule has 1 aliphatic rings. The van der Waals surface area contributed by atoms with Gasteiger partial charge in [0.2, 0.25) is 0 Å². The highest BCUT2D eigenvalue weighted by molar-refractivity contribution is 5.80. The topological polar surface area (TPSA) is 60.8 Å². The lowest BCUT2D eigenvalue weighted by atomic mass is 10.1. The van der Waals surface area contributed by atoms with Crippen molar-refractivity contribution in [2.75, 3.05) is 19.7 Å². The van der Waals surface area contributed by atoms with E-state index in [9.17, 15) is 4.79 Å². The first kappa shape index (κ1) is 9.48. The van der Waals surface area contributed by atoms with Gasteiger partial charge in [-0.3, -0.25) is 4.79 Å². The second-order valence-electron chi connectivity index (χ2n) is 3.30. The summed E-state index contributed by atoms with van der Waals surface area (Å²) in [5, 5.41) is 17.8. The summed E-state index contributed by atoms with van der Waals surface area (Å²) in [6.45, 7) is 2.84. The number of nitrogens with zero attached hydrogens (tertiary/aromatic N) is 1. The highest BCUT2D eigenvalue weighted by atomic mass is 16.3. The maximum atomic E-state index is 11.2. The van der Waals surface area contributed by atoms with Crippen LogP contribution in [0.4, 0.5) is 0 Å².